The minimum absolute atomic E-state index is 0.0264. The number of halogens is 3. The number of rotatable bonds is 6. The maximum atomic E-state index is 13.3. The summed E-state index contributed by atoms with van der Waals surface area (Å²) in [7, 11) is -0.836. The summed E-state index contributed by atoms with van der Waals surface area (Å²) in [5.74, 6) is 0. The Kier molecular flexibility index (Phi) is 7.08. The maximum absolute atomic E-state index is 13.3. The molecule has 1 atom stereocenters. The predicted octanol–water partition coefficient (Wildman–Crippen LogP) is 2.47. The minimum atomic E-state index is -4.35. The number of sulfonamides is 1. The van der Waals surface area contributed by atoms with Crippen LogP contribution in [-0.4, -0.2) is 79.3 Å². The lowest BCUT2D eigenvalue weighted by Crippen LogP contribution is -2.51. The van der Waals surface area contributed by atoms with Gasteiger partial charge in [-0.25, -0.2) is 13.1 Å². The van der Waals surface area contributed by atoms with E-state index in [2.05, 4.69) is 15.3 Å². The number of alkyl halides is 3. The zero-order valence-electron chi connectivity index (χ0n) is 22.4. The van der Waals surface area contributed by atoms with Crippen LogP contribution in [0.4, 0.5) is 13.2 Å². The molecular weight excluding hydrogens is 549 g/mol. The second kappa shape index (κ2) is 10.1. The fourth-order valence-electron chi connectivity index (χ4n) is 5.16. The topological polar surface area (TPSA) is 111 Å². The van der Waals surface area contributed by atoms with E-state index in [0.717, 1.165) is 27.5 Å². The fraction of sp³-hybridized carbons (Fsp3) is 0.440. The van der Waals surface area contributed by atoms with E-state index in [1.54, 1.807) is 42.0 Å². The number of aryl methyl sites for hydroxylation is 4. The standard InChI is InChI=1S/C25H29F3N8O3S/c1-16-10-21-18(12-30-36(21)19-9-17(2)24(37)32(3)14-19)11-20(16)22-15-35(8-7-34(22)6-5-25(26,27)28)40(38,39)23-13-29-33(4)31-23/h9-14,22H,5-8,15H2,1-4H3. The zero-order valence-corrected chi connectivity index (χ0v) is 23.2. The number of piperazine rings is 1. The normalized spacial score (nSPS) is 17.6. The van der Waals surface area contributed by atoms with Gasteiger partial charge in [0.25, 0.3) is 15.6 Å². The molecule has 1 aliphatic heterocycles. The maximum Gasteiger partial charge on any atom is 0.390 e. The number of nitrogens with zero attached hydrogens (tertiary/aromatic N) is 8. The smallest absolute Gasteiger partial charge is 0.316 e. The molecule has 4 heterocycles. The highest BCUT2D eigenvalue weighted by atomic mass is 32.2. The van der Waals surface area contributed by atoms with Gasteiger partial charge in [0.2, 0.25) is 5.03 Å². The lowest BCUT2D eigenvalue weighted by molar-refractivity contribution is -0.140. The molecule has 1 fully saturated rings. The summed E-state index contributed by atoms with van der Waals surface area (Å²) in [4.78, 5) is 15.0. The molecule has 3 aromatic heterocycles. The third kappa shape index (κ3) is 5.28. The monoisotopic (exact) mass is 578 g/mol. The first-order chi connectivity index (χ1) is 18.7. The molecule has 1 saturated heterocycles. The summed E-state index contributed by atoms with van der Waals surface area (Å²) in [6.45, 7) is 3.40. The third-order valence-corrected chi connectivity index (χ3v) is 8.95. The quantitative estimate of drug-likeness (QED) is 0.346. The van der Waals surface area contributed by atoms with Gasteiger partial charge in [0.05, 0.1) is 30.0 Å². The summed E-state index contributed by atoms with van der Waals surface area (Å²) in [6, 6.07) is 4.85. The van der Waals surface area contributed by atoms with Crippen LogP contribution in [0.2, 0.25) is 0 Å². The van der Waals surface area contributed by atoms with E-state index in [1.165, 1.54) is 15.9 Å². The average Bonchev–Trinajstić information content (AvgIpc) is 3.51. The lowest BCUT2D eigenvalue weighted by atomic mass is 9.96. The van der Waals surface area contributed by atoms with Gasteiger partial charge >= 0.3 is 6.18 Å². The molecular formula is C25H29F3N8O3S. The van der Waals surface area contributed by atoms with Crippen LogP contribution in [0.15, 0.2) is 46.6 Å². The molecule has 15 heteroatoms. The molecule has 214 valence electrons. The van der Waals surface area contributed by atoms with Crippen molar-refractivity contribution in [1.29, 1.82) is 0 Å². The van der Waals surface area contributed by atoms with Gasteiger partial charge in [-0.05, 0) is 43.2 Å². The second-order valence-corrected chi connectivity index (χ2v) is 12.0. The van der Waals surface area contributed by atoms with Crippen LogP contribution in [0.3, 0.4) is 0 Å². The number of aromatic nitrogens is 6. The van der Waals surface area contributed by atoms with Gasteiger partial charge in [0.15, 0.2) is 0 Å². The molecule has 4 aromatic rings. The Hall–Kier alpha value is -3.56. The summed E-state index contributed by atoms with van der Waals surface area (Å²) in [5, 5.41) is 12.8. The number of pyridine rings is 1. The molecule has 0 spiro atoms. The van der Waals surface area contributed by atoms with Gasteiger partial charge in [0.1, 0.15) is 0 Å². The largest absolute Gasteiger partial charge is 0.390 e. The van der Waals surface area contributed by atoms with Gasteiger partial charge < -0.3 is 4.57 Å². The number of fused-ring (bicyclic) bond motifs is 1. The van der Waals surface area contributed by atoms with Crippen LogP contribution in [0.25, 0.3) is 16.6 Å². The van der Waals surface area contributed by atoms with Crippen molar-refractivity contribution in [1.82, 2.24) is 38.5 Å². The zero-order chi connectivity index (χ0) is 29.0. The molecule has 0 saturated carbocycles. The van der Waals surface area contributed by atoms with E-state index in [9.17, 15) is 26.4 Å². The Morgan fingerprint density at radius 1 is 1.02 bits per heavy atom. The summed E-state index contributed by atoms with van der Waals surface area (Å²) >= 11 is 0. The summed E-state index contributed by atoms with van der Waals surface area (Å²) in [6.07, 6.45) is -0.865. The second-order valence-electron chi connectivity index (χ2n) is 10.1. The Morgan fingerprint density at radius 2 is 1.77 bits per heavy atom. The molecule has 0 radical (unpaired) electrons. The fourth-order valence-corrected chi connectivity index (χ4v) is 6.48. The first kappa shape index (κ1) is 28.0. The predicted molar refractivity (Wildman–Crippen MR) is 141 cm³/mol. The number of benzene rings is 1. The minimum Gasteiger partial charge on any atom is -0.316 e. The van der Waals surface area contributed by atoms with Crippen molar-refractivity contribution in [2.45, 2.75) is 37.5 Å². The van der Waals surface area contributed by atoms with Crippen molar-refractivity contribution in [3.05, 3.63) is 63.8 Å². The van der Waals surface area contributed by atoms with Crippen molar-refractivity contribution in [3.8, 4) is 5.69 Å². The van der Waals surface area contributed by atoms with Crippen LogP contribution in [-0.2, 0) is 24.1 Å². The average molecular weight is 579 g/mol. The van der Waals surface area contributed by atoms with Gasteiger partial charge in [-0.15, -0.1) is 5.10 Å². The SMILES string of the molecule is Cc1cc2c(cnn2-c2cc(C)c(=O)n(C)c2)cc1C1CN(S(=O)(=O)c2cnn(C)n2)CCN1CCC(F)(F)F. The van der Waals surface area contributed by atoms with Crippen molar-refractivity contribution >= 4 is 20.9 Å². The van der Waals surface area contributed by atoms with Crippen LogP contribution in [0.1, 0.15) is 29.2 Å². The molecule has 5 rings (SSSR count). The van der Waals surface area contributed by atoms with Crippen molar-refractivity contribution < 1.29 is 21.6 Å². The van der Waals surface area contributed by atoms with Crippen molar-refractivity contribution in [2.75, 3.05) is 26.2 Å². The molecule has 40 heavy (non-hydrogen) atoms. The Bertz CT molecular complexity index is 1720. The van der Waals surface area contributed by atoms with E-state index in [-0.39, 0.29) is 36.8 Å². The first-order valence-corrected chi connectivity index (χ1v) is 14.0. The van der Waals surface area contributed by atoms with E-state index in [1.807, 2.05) is 19.1 Å². The summed E-state index contributed by atoms with van der Waals surface area (Å²) < 4.78 is 70.6. The molecule has 1 aliphatic rings. The highest BCUT2D eigenvalue weighted by Crippen LogP contribution is 2.34. The molecule has 0 bridgehead atoms. The molecule has 0 amide bonds. The molecule has 0 N–H and O–H groups in total. The molecule has 11 nitrogen and oxygen atoms in total. The first-order valence-electron chi connectivity index (χ1n) is 12.6. The van der Waals surface area contributed by atoms with E-state index in [0.29, 0.717) is 16.8 Å². The highest BCUT2D eigenvalue weighted by Gasteiger charge is 2.38. The van der Waals surface area contributed by atoms with Gasteiger partial charge in [-0.2, -0.15) is 32.5 Å². The molecule has 0 aliphatic carbocycles. The van der Waals surface area contributed by atoms with Crippen molar-refractivity contribution in [3.63, 3.8) is 0 Å². The van der Waals surface area contributed by atoms with Crippen LogP contribution >= 0.6 is 0 Å². The number of hydrogen-bond acceptors (Lipinski definition) is 7. The molecule has 1 unspecified atom stereocenters. The van der Waals surface area contributed by atoms with E-state index >= 15 is 0 Å². The lowest BCUT2D eigenvalue weighted by Gasteiger charge is -2.41. The highest BCUT2D eigenvalue weighted by molar-refractivity contribution is 7.89. The van der Waals surface area contributed by atoms with Gasteiger partial charge in [-0.3, -0.25) is 9.69 Å². The van der Waals surface area contributed by atoms with Gasteiger partial charge in [0, 0.05) is 63.5 Å². The number of hydrogen-bond donors (Lipinski definition) is 0. The Labute approximate surface area is 228 Å². The van der Waals surface area contributed by atoms with Gasteiger partial charge in [-0.1, -0.05) is 0 Å². The molecule has 1 aromatic carbocycles. The van der Waals surface area contributed by atoms with Crippen LogP contribution in [0.5, 0.6) is 0 Å². The van der Waals surface area contributed by atoms with Crippen LogP contribution in [0, 0.1) is 13.8 Å². The van der Waals surface area contributed by atoms with Crippen molar-refractivity contribution in [2.24, 2.45) is 14.1 Å². The van der Waals surface area contributed by atoms with E-state index in [4.69, 9.17) is 0 Å². The Morgan fingerprint density at radius 3 is 2.42 bits per heavy atom. The van der Waals surface area contributed by atoms with Crippen LogP contribution < -0.4 is 5.56 Å². The summed E-state index contributed by atoms with van der Waals surface area (Å²) in [5.41, 5.74) is 3.37. The Balaban J connectivity index is 1.54. The third-order valence-electron chi connectivity index (χ3n) is 7.23. The van der Waals surface area contributed by atoms with E-state index < -0.39 is 28.7 Å².